The molecule has 3 aromatic carbocycles. The van der Waals surface area contributed by atoms with Gasteiger partial charge in [0.15, 0.2) is 11.5 Å². The number of hydrogen-bond acceptors (Lipinski definition) is 8. The van der Waals surface area contributed by atoms with Crippen molar-refractivity contribution in [2.45, 2.75) is 18.4 Å². The molecule has 1 aliphatic heterocycles. The Bertz CT molecular complexity index is 1640. The Hall–Kier alpha value is -3.39. The number of rotatable bonds is 8. The summed E-state index contributed by atoms with van der Waals surface area (Å²) < 4.78 is 50.9. The molecule has 3 amide bonds. The van der Waals surface area contributed by atoms with Crippen LogP contribution in [0.2, 0.25) is 5.02 Å². The lowest BCUT2D eigenvalue weighted by atomic mass is 10.1. The van der Waals surface area contributed by atoms with Crippen molar-refractivity contribution in [1.82, 2.24) is 4.90 Å². The lowest BCUT2D eigenvalue weighted by molar-refractivity contribution is -0.123. The van der Waals surface area contributed by atoms with Crippen molar-refractivity contribution in [3.8, 4) is 11.5 Å². The number of ether oxygens (including phenoxy) is 1. The molecule has 1 fully saturated rings. The van der Waals surface area contributed by atoms with Crippen LogP contribution in [0.1, 0.15) is 18.1 Å². The van der Waals surface area contributed by atoms with E-state index in [4.69, 9.17) is 20.5 Å². The van der Waals surface area contributed by atoms with Gasteiger partial charge in [-0.1, -0.05) is 17.7 Å². The lowest BCUT2D eigenvalue weighted by Gasteiger charge is -2.14. The molecule has 0 aliphatic carbocycles. The van der Waals surface area contributed by atoms with E-state index in [9.17, 15) is 27.2 Å². The molecule has 4 rings (SSSR count). The van der Waals surface area contributed by atoms with Gasteiger partial charge in [-0.05, 0) is 87.9 Å². The van der Waals surface area contributed by atoms with Crippen LogP contribution in [-0.2, 0) is 26.3 Å². The van der Waals surface area contributed by atoms with Crippen LogP contribution < -0.4 is 14.2 Å². The van der Waals surface area contributed by atoms with Gasteiger partial charge in [0.25, 0.3) is 11.1 Å². The summed E-state index contributed by atoms with van der Waals surface area (Å²) in [5, 5.41) is 2.03. The highest BCUT2D eigenvalue weighted by molar-refractivity contribution is 9.10. The summed E-state index contributed by atoms with van der Waals surface area (Å²) in [4.78, 5) is 37.5. The molecule has 208 valence electrons. The normalized spacial score (nSPS) is 14.5. The Morgan fingerprint density at radius 3 is 2.50 bits per heavy atom. The van der Waals surface area contributed by atoms with Crippen LogP contribution in [0.25, 0.3) is 6.08 Å². The summed E-state index contributed by atoms with van der Waals surface area (Å²) in [6, 6.07) is 12.4. The van der Waals surface area contributed by atoms with Crippen LogP contribution in [-0.4, -0.2) is 37.5 Å². The summed E-state index contributed by atoms with van der Waals surface area (Å²) in [5.74, 6) is -1.71. The van der Waals surface area contributed by atoms with Crippen molar-refractivity contribution in [2.75, 3.05) is 12.4 Å². The van der Waals surface area contributed by atoms with E-state index in [0.29, 0.717) is 23.0 Å². The maximum Gasteiger partial charge on any atom is 0.339 e. The molecule has 0 saturated carbocycles. The van der Waals surface area contributed by atoms with Gasteiger partial charge < -0.3 is 14.2 Å². The van der Waals surface area contributed by atoms with Crippen molar-refractivity contribution < 1.29 is 36.1 Å². The van der Waals surface area contributed by atoms with Crippen molar-refractivity contribution in [3.63, 3.8) is 0 Å². The second-order valence-corrected chi connectivity index (χ2v) is 12.0. The van der Waals surface area contributed by atoms with Gasteiger partial charge >= 0.3 is 10.1 Å². The second-order valence-electron chi connectivity index (χ2n) is 8.25. The van der Waals surface area contributed by atoms with Crippen molar-refractivity contribution >= 4 is 78.2 Å². The first-order valence-electron chi connectivity index (χ1n) is 11.3. The predicted molar refractivity (Wildman–Crippen MR) is 152 cm³/mol. The number of imide groups is 1. The molecule has 40 heavy (non-hydrogen) atoms. The van der Waals surface area contributed by atoms with Gasteiger partial charge in [0, 0.05) is 23.2 Å². The topological polar surface area (TPSA) is 119 Å². The molecule has 0 radical (unpaired) electrons. The lowest BCUT2D eigenvalue weighted by Crippen LogP contribution is -2.28. The van der Waals surface area contributed by atoms with E-state index in [0.717, 1.165) is 4.90 Å². The number of halogens is 3. The standard InChI is InChI=1S/C26H19BrClFN2O7S2/c1-14(32)30-16-6-8-17(9-7-16)40(35,36)38-24-19(27)10-15(11-22(24)37-2)12-23-25(33)31(26(34)39-23)13-18-20(28)4-3-5-21(18)29/h3-12H,13H2,1-2H3,(H,30,32)/b23-12-. The highest BCUT2D eigenvalue weighted by atomic mass is 79.9. The molecule has 0 unspecified atom stereocenters. The predicted octanol–water partition coefficient (Wildman–Crippen LogP) is 6.21. The number of benzene rings is 3. The average Bonchev–Trinajstić information content (AvgIpc) is 3.14. The van der Waals surface area contributed by atoms with Gasteiger partial charge in [0.2, 0.25) is 5.91 Å². The minimum Gasteiger partial charge on any atom is -0.493 e. The molecule has 1 heterocycles. The zero-order chi connectivity index (χ0) is 29.2. The van der Waals surface area contributed by atoms with Crippen LogP contribution in [0.3, 0.4) is 0 Å². The number of nitrogens with one attached hydrogen (secondary N) is 1. The Labute approximate surface area is 246 Å². The van der Waals surface area contributed by atoms with Gasteiger partial charge in [-0.15, -0.1) is 0 Å². The molecule has 1 aliphatic rings. The minimum atomic E-state index is -4.30. The third-order valence-electron chi connectivity index (χ3n) is 5.46. The third kappa shape index (κ3) is 6.49. The molecule has 1 saturated heterocycles. The summed E-state index contributed by atoms with van der Waals surface area (Å²) in [6.07, 6.45) is 1.42. The van der Waals surface area contributed by atoms with E-state index in [2.05, 4.69) is 21.2 Å². The molecule has 0 bridgehead atoms. The number of amides is 3. The molecule has 0 atom stereocenters. The Morgan fingerprint density at radius 1 is 1.18 bits per heavy atom. The van der Waals surface area contributed by atoms with Crippen LogP contribution >= 0.6 is 39.3 Å². The van der Waals surface area contributed by atoms with Crippen LogP contribution in [0, 0.1) is 5.82 Å². The number of thioether (sulfide) groups is 1. The Balaban J connectivity index is 1.58. The second kappa shape index (κ2) is 12.0. The molecule has 1 N–H and O–H groups in total. The largest absolute Gasteiger partial charge is 0.493 e. The number of nitrogens with zero attached hydrogens (tertiary/aromatic N) is 1. The first-order valence-corrected chi connectivity index (χ1v) is 14.7. The van der Waals surface area contributed by atoms with E-state index in [1.54, 1.807) is 0 Å². The number of hydrogen-bond donors (Lipinski definition) is 1. The summed E-state index contributed by atoms with van der Waals surface area (Å²) in [6.45, 7) is 0.991. The first kappa shape index (κ1) is 29.6. The molecule has 0 spiro atoms. The fourth-order valence-electron chi connectivity index (χ4n) is 3.60. The van der Waals surface area contributed by atoms with Crippen LogP contribution in [0.15, 0.2) is 68.9 Å². The molecule has 14 heteroatoms. The number of carbonyl (C=O) groups is 3. The van der Waals surface area contributed by atoms with E-state index >= 15 is 0 Å². The highest BCUT2D eigenvalue weighted by Crippen LogP contribution is 2.41. The van der Waals surface area contributed by atoms with E-state index in [1.807, 2.05) is 0 Å². The van der Waals surface area contributed by atoms with Crippen molar-refractivity contribution in [1.29, 1.82) is 0 Å². The maximum absolute atomic E-state index is 14.2. The highest BCUT2D eigenvalue weighted by Gasteiger charge is 2.36. The van der Waals surface area contributed by atoms with Gasteiger partial charge in [-0.3, -0.25) is 19.3 Å². The number of anilines is 1. The quantitative estimate of drug-likeness (QED) is 0.222. The minimum absolute atomic E-state index is 0.0181. The zero-order valence-corrected chi connectivity index (χ0v) is 24.7. The maximum atomic E-state index is 14.2. The van der Waals surface area contributed by atoms with Crippen molar-refractivity contribution in [2.24, 2.45) is 0 Å². The van der Waals surface area contributed by atoms with Gasteiger partial charge in [0.1, 0.15) is 10.7 Å². The zero-order valence-electron chi connectivity index (χ0n) is 20.7. The van der Waals surface area contributed by atoms with Crippen LogP contribution in [0.5, 0.6) is 11.5 Å². The molecule has 9 nitrogen and oxygen atoms in total. The smallest absolute Gasteiger partial charge is 0.339 e. The summed E-state index contributed by atoms with van der Waals surface area (Å²) >= 11 is 9.99. The fraction of sp³-hybridized carbons (Fsp3) is 0.115. The summed E-state index contributed by atoms with van der Waals surface area (Å²) in [5.41, 5.74) is 0.822. The average molecular weight is 670 g/mol. The van der Waals surface area contributed by atoms with Gasteiger partial charge in [0.05, 0.1) is 23.0 Å². The molecular formula is C26H19BrClFN2O7S2. The Kier molecular flexibility index (Phi) is 8.88. The van der Waals surface area contributed by atoms with E-state index in [1.165, 1.54) is 74.7 Å². The monoisotopic (exact) mass is 668 g/mol. The SMILES string of the molecule is COc1cc(/C=C2\SC(=O)N(Cc3c(F)cccc3Cl)C2=O)cc(Br)c1OS(=O)(=O)c1ccc(NC(C)=O)cc1. The Morgan fingerprint density at radius 2 is 1.88 bits per heavy atom. The molecule has 3 aromatic rings. The van der Waals surface area contributed by atoms with Crippen LogP contribution in [0.4, 0.5) is 14.9 Å². The van der Waals surface area contributed by atoms with Crippen molar-refractivity contribution in [3.05, 3.63) is 85.9 Å². The first-order chi connectivity index (χ1) is 18.9. The van der Waals surface area contributed by atoms with Gasteiger partial charge in [-0.25, -0.2) is 4.39 Å². The van der Waals surface area contributed by atoms with E-state index < -0.39 is 27.1 Å². The number of carbonyl (C=O) groups excluding carboxylic acids is 3. The molecule has 0 aromatic heterocycles. The third-order valence-corrected chi connectivity index (χ3v) is 8.54. The van der Waals surface area contributed by atoms with Gasteiger partial charge in [-0.2, -0.15) is 8.42 Å². The summed E-state index contributed by atoms with van der Waals surface area (Å²) in [7, 11) is -2.99. The fourth-order valence-corrected chi connectivity index (χ4v) is 6.27. The molecular weight excluding hydrogens is 651 g/mol. The van der Waals surface area contributed by atoms with E-state index in [-0.39, 0.29) is 48.8 Å². The number of methoxy groups -OCH3 is 1.